The predicted molar refractivity (Wildman–Crippen MR) is 115 cm³/mol. The Hall–Kier alpha value is -4.06. The van der Waals surface area contributed by atoms with Crippen LogP contribution in [0, 0.1) is 0 Å². The van der Waals surface area contributed by atoms with E-state index in [4.69, 9.17) is 18.9 Å². The first kappa shape index (κ1) is 20.2. The van der Waals surface area contributed by atoms with Crippen molar-refractivity contribution in [3.05, 3.63) is 89.2 Å². The van der Waals surface area contributed by atoms with Gasteiger partial charge in [0.25, 0.3) is 0 Å². The monoisotopic (exact) mass is 416 g/mol. The van der Waals surface area contributed by atoms with Crippen molar-refractivity contribution in [2.45, 2.75) is 0 Å². The number of ether oxygens (including phenoxy) is 4. The van der Waals surface area contributed by atoms with Gasteiger partial charge in [-0.2, -0.15) is 0 Å². The molecule has 1 aliphatic heterocycles. The molecular weight excluding hydrogens is 396 g/mol. The number of rotatable bonds is 7. The average Bonchev–Trinajstić information content (AvgIpc) is 3.12. The molecule has 0 bridgehead atoms. The number of hydrogen-bond acceptors (Lipinski definition) is 6. The van der Waals surface area contributed by atoms with Crippen LogP contribution in [-0.4, -0.2) is 32.4 Å². The first-order valence-electron chi connectivity index (χ1n) is 9.60. The molecule has 6 heteroatoms. The molecule has 0 aliphatic carbocycles. The van der Waals surface area contributed by atoms with Crippen LogP contribution in [0.5, 0.6) is 23.0 Å². The van der Waals surface area contributed by atoms with E-state index in [0.29, 0.717) is 39.7 Å². The van der Waals surface area contributed by atoms with E-state index in [9.17, 15) is 9.59 Å². The summed E-state index contributed by atoms with van der Waals surface area (Å²) < 4.78 is 22.0. The third-order valence-corrected chi connectivity index (χ3v) is 4.83. The number of hydrogen-bond donors (Lipinski definition) is 0. The van der Waals surface area contributed by atoms with E-state index >= 15 is 0 Å². The zero-order valence-electron chi connectivity index (χ0n) is 17.1. The second-order valence-electron chi connectivity index (χ2n) is 6.78. The van der Waals surface area contributed by atoms with Gasteiger partial charge in [0.1, 0.15) is 23.0 Å². The molecule has 0 saturated heterocycles. The maximum atomic E-state index is 12.7. The van der Waals surface area contributed by atoms with Gasteiger partial charge in [-0.05, 0) is 30.3 Å². The number of benzene rings is 3. The summed E-state index contributed by atoms with van der Waals surface area (Å²) in [6, 6.07) is 19.1. The predicted octanol–water partition coefficient (Wildman–Crippen LogP) is 4.58. The van der Waals surface area contributed by atoms with Crippen molar-refractivity contribution in [3.63, 3.8) is 0 Å². The van der Waals surface area contributed by atoms with Crippen LogP contribution >= 0.6 is 0 Å². The third kappa shape index (κ3) is 4.28. The van der Waals surface area contributed by atoms with Crippen LogP contribution in [0.1, 0.15) is 26.3 Å². The average molecular weight is 416 g/mol. The summed E-state index contributed by atoms with van der Waals surface area (Å²) >= 11 is 0. The Morgan fingerprint density at radius 3 is 2.45 bits per heavy atom. The SMILES string of the molecule is COc1ccc(/C=C2/Oc3cc(OCC(=O)c4ccccc4)ccc3C2=O)c(OC)c1. The van der Waals surface area contributed by atoms with Crippen LogP contribution in [0.2, 0.25) is 0 Å². The molecule has 0 atom stereocenters. The summed E-state index contributed by atoms with van der Waals surface area (Å²) in [6.07, 6.45) is 1.63. The fourth-order valence-corrected chi connectivity index (χ4v) is 3.19. The molecule has 31 heavy (non-hydrogen) atoms. The molecule has 3 aromatic carbocycles. The quantitative estimate of drug-likeness (QED) is 0.415. The highest BCUT2D eigenvalue weighted by Gasteiger charge is 2.28. The second-order valence-corrected chi connectivity index (χ2v) is 6.78. The molecule has 0 fully saturated rings. The highest BCUT2D eigenvalue weighted by molar-refractivity contribution is 6.14. The third-order valence-electron chi connectivity index (χ3n) is 4.83. The van der Waals surface area contributed by atoms with Gasteiger partial charge in [0.2, 0.25) is 5.78 Å². The molecule has 0 amide bonds. The van der Waals surface area contributed by atoms with Crippen LogP contribution in [0.25, 0.3) is 6.08 Å². The molecule has 4 rings (SSSR count). The lowest BCUT2D eigenvalue weighted by Gasteiger charge is -2.08. The van der Waals surface area contributed by atoms with Gasteiger partial charge in [-0.25, -0.2) is 0 Å². The number of carbonyl (C=O) groups is 2. The van der Waals surface area contributed by atoms with E-state index in [0.717, 1.165) is 0 Å². The van der Waals surface area contributed by atoms with Crippen LogP contribution in [0.4, 0.5) is 0 Å². The van der Waals surface area contributed by atoms with E-state index in [1.54, 1.807) is 81.0 Å². The number of ketones is 2. The maximum absolute atomic E-state index is 12.7. The van der Waals surface area contributed by atoms with Crippen LogP contribution in [-0.2, 0) is 0 Å². The van der Waals surface area contributed by atoms with Crippen LogP contribution in [0.15, 0.2) is 72.5 Å². The molecular formula is C25H20O6. The number of carbonyl (C=O) groups excluding carboxylic acids is 2. The molecule has 3 aromatic rings. The molecule has 6 nitrogen and oxygen atoms in total. The van der Waals surface area contributed by atoms with E-state index in [1.807, 2.05) is 6.07 Å². The minimum Gasteiger partial charge on any atom is -0.497 e. The Morgan fingerprint density at radius 2 is 1.71 bits per heavy atom. The lowest BCUT2D eigenvalue weighted by Crippen LogP contribution is -2.11. The Morgan fingerprint density at radius 1 is 0.935 bits per heavy atom. The van der Waals surface area contributed by atoms with E-state index in [-0.39, 0.29) is 23.9 Å². The van der Waals surface area contributed by atoms with Crippen molar-refractivity contribution in [2.24, 2.45) is 0 Å². The van der Waals surface area contributed by atoms with Gasteiger partial charge >= 0.3 is 0 Å². The molecule has 1 heterocycles. The summed E-state index contributed by atoms with van der Waals surface area (Å²) in [5, 5.41) is 0. The van der Waals surface area contributed by atoms with Crippen molar-refractivity contribution in [1.29, 1.82) is 0 Å². The van der Waals surface area contributed by atoms with E-state index < -0.39 is 0 Å². The topological polar surface area (TPSA) is 71.1 Å². The lowest BCUT2D eigenvalue weighted by molar-refractivity contribution is 0.0921. The van der Waals surface area contributed by atoms with Gasteiger partial charge in [0.15, 0.2) is 18.1 Å². The van der Waals surface area contributed by atoms with Gasteiger partial charge in [0.05, 0.1) is 19.8 Å². The van der Waals surface area contributed by atoms with Gasteiger partial charge in [0, 0.05) is 23.3 Å². The van der Waals surface area contributed by atoms with Gasteiger partial charge in [-0.15, -0.1) is 0 Å². The fraction of sp³-hybridized carbons (Fsp3) is 0.120. The minimum atomic E-state index is -0.236. The van der Waals surface area contributed by atoms with Crippen LogP contribution < -0.4 is 18.9 Å². The number of Topliss-reactive ketones (excluding diaryl/α,β-unsaturated/α-hetero) is 2. The molecule has 0 N–H and O–H groups in total. The number of methoxy groups -OCH3 is 2. The Kier molecular flexibility index (Phi) is 5.71. The first-order valence-corrected chi connectivity index (χ1v) is 9.60. The summed E-state index contributed by atoms with van der Waals surface area (Å²) in [7, 11) is 3.11. The lowest BCUT2D eigenvalue weighted by atomic mass is 10.1. The van der Waals surface area contributed by atoms with E-state index in [1.165, 1.54) is 0 Å². The largest absolute Gasteiger partial charge is 0.497 e. The summed E-state index contributed by atoms with van der Waals surface area (Å²) in [5.41, 5.74) is 1.69. The maximum Gasteiger partial charge on any atom is 0.231 e. The minimum absolute atomic E-state index is 0.109. The molecule has 0 aromatic heterocycles. The summed E-state index contributed by atoms with van der Waals surface area (Å²) in [5.74, 6) is 1.84. The van der Waals surface area contributed by atoms with Gasteiger partial charge in [-0.3, -0.25) is 9.59 Å². The number of allylic oxidation sites excluding steroid dienone is 1. The second kappa shape index (κ2) is 8.75. The fourth-order valence-electron chi connectivity index (χ4n) is 3.19. The Balaban J connectivity index is 1.51. The van der Waals surface area contributed by atoms with Gasteiger partial charge < -0.3 is 18.9 Å². The highest BCUT2D eigenvalue weighted by atomic mass is 16.5. The standard InChI is InChI=1S/C25H20O6/c1-28-18-9-8-17(22(13-18)29-2)12-24-25(27)20-11-10-19(14-23(20)31-24)30-15-21(26)16-6-4-3-5-7-16/h3-14H,15H2,1-2H3/b24-12+. The van der Waals surface area contributed by atoms with Crippen molar-refractivity contribution in [1.82, 2.24) is 0 Å². The molecule has 0 spiro atoms. The van der Waals surface area contributed by atoms with Gasteiger partial charge in [-0.1, -0.05) is 30.3 Å². The smallest absolute Gasteiger partial charge is 0.231 e. The molecule has 0 radical (unpaired) electrons. The first-order chi connectivity index (χ1) is 15.1. The number of fused-ring (bicyclic) bond motifs is 1. The molecule has 0 saturated carbocycles. The van der Waals surface area contributed by atoms with Crippen molar-refractivity contribution in [2.75, 3.05) is 20.8 Å². The van der Waals surface area contributed by atoms with E-state index in [2.05, 4.69) is 0 Å². The normalized spacial score (nSPS) is 13.5. The Labute approximate surface area is 179 Å². The molecule has 156 valence electrons. The Bertz CT molecular complexity index is 1160. The van der Waals surface area contributed by atoms with Crippen LogP contribution in [0.3, 0.4) is 0 Å². The highest BCUT2D eigenvalue weighted by Crippen LogP contribution is 2.36. The molecule has 1 aliphatic rings. The van der Waals surface area contributed by atoms with Crippen molar-refractivity contribution >= 4 is 17.6 Å². The summed E-state index contributed by atoms with van der Waals surface area (Å²) in [6.45, 7) is -0.109. The van der Waals surface area contributed by atoms with Crippen molar-refractivity contribution < 1.29 is 28.5 Å². The molecule has 0 unspecified atom stereocenters. The zero-order chi connectivity index (χ0) is 21.8. The summed E-state index contributed by atoms with van der Waals surface area (Å²) in [4.78, 5) is 25.0. The van der Waals surface area contributed by atoms with Crippen molar-refractivity contribution in [3.8, 4) is 23.0 Å². The zero-order valence-corrected chi connectivity index (χ0v) is 17.1.